The van der Waals surface area contributed by atoms with Crippen molar-refractivity contribution in [2.45, 2.75) is 0 Å². The molecular weight excluding hydrogens is 905 g/mol. The lowest BCUT2D eigenvalue weighted by Gasteiger charge is -2.14. The Hall–Kier alpha value is -10.2. The molecule has 0 saturated heterocycles. The Morgan fingerprint density at radius 2 is 0.541 bits per heavy atom. The van der Waals surface area contributed by atoms with Crippen LogP contribution in [-0.4, -0.2) is 39.0 Å². The van der Waals surface area contributed by atoms with Crippen LogP contribution in [0.5, 0.6) is 0 Å². The molecule has 0 saturated carbocycles. The Bertz CT molecular complexity index is 4610. The van der Waals surface area contributed by atoms with Crippen molar-refractivity contribution < 1.29 is 0 Å². The monoisotopic (exact) mass is 944 g/mol. The van der Waals surface area contributed by atoms with Crippen molar-refractivity contribution in [3.8, 4) is 68.6 Å². The molecule has 8 heteroatoms. The first-order chi connectivity index (χ1) is 36.7. The molecule has 0 unspecified atom stereocenters. The fourth-order valence-electron chi connectivity index (χ4n) is 11.0. The molecular formula is C66H40N8. The molecule has 0 aliphatic heterocycles. The van der Waals surface area contributed by atoms with E-state index in [-0.39, 0.29) is 0 Å². The van der Waals surface area contributed by atoms with Gasteiger partial charge < -0.3 is 4.57 Å². The van der Waals surface area contributed by atoms with Crippen molar-refractivity contribution in [1.29, 1.82) is 0 Å². The van der Waals surface area contributed by atoms with Gasteiger partial charge in [0.25, 0.3) is 0 Å². The van der Waals surface area contributed by atoms with Crippen LogP contribution in [-0.2, 0) is 0 Å². The Morgan fingerprint density at radius 3 is 1.03 bits per heavy atom. The average molecular weight is 945 g/mol. The van der Waals surface area contributed by atoms with Crippen LogP contribution < -0.4 is 0 Å². The number of rotatable bonds is 7. The second-order valence-electron chi connectivity index (χ2n) is 18.6. The van der Waals surface area contributed by atoms with Gasteiger partial charge in [0, 0.05) is 55.0 Å². The zero-order chi connectivity index (χ0) is 48.7. The van der Waals surface area contributed by atoms with E-state index >= 15 is 0 Å². The molecule has 74 heavy (non-hydrogen) atoms. The number of benzene rings is 11. The van der Waals surface area contributed by atoms with Crippen LogP contribution in [0, 0.1) is 0 Å². The molecule has 8 nitrogen and oxygen atoms in total. The molecule has 0 amide bonds. The van der Waals surface area contributed by atoms with Gasteiger partial charge in [-0.15, -0.1) is 0 Å². The van der Waals surface area contributed by atoms with Gasteiger partial charge >= 0.3 is 0 Å². The first-order valence-electron chi connectivity index (χ1n) is 24.8. The van der Waals surface area contributed by atoms with E-state index in [0.29, 0.717) is 35.1 Å². The minimum atomic E-state index is 0.529. The molecule has 0 bridgehead atoms. The summed E-state index contributed by atoms with van der Waals surface area (Å²) in [6.45, 7) is 0. The summed E-state index contributed by atoms with van der Waals surface area (Å²) in [5.41, 5.74) is 9.64. The van der Waals surface area contributed by atoms with Gasteiger partial charge in [-0.3, -0.25) is 4.57 Å². The molecule has 15 rings (SSSR count). The Labute approximate surface area is 424 Å². The number of fused-ring (bicyclic) bond motifs is 13. The molecule has 4 aromatic heterocycles. The number of hydrogen-bond donors (Lipinski definition) is 0. The molecule has 0 aliphatic rings. The highest BCUT2D eigenvalue weighted by molar-refractivity contribution is 6.26. The van der Waals surface area contributed by atoms with Gasteiger partial charge in [0.2, 0.25) is 5.95 Å². The highest BCUT2D eigenvalue weighted by Crippen LogP contribution is 2.43. The van der Waals surface area contributed by atoms with Crippen LogP contribution >= 0.6 is 0 Å². The van der Waals surface area contributed by atoms with E-state index in [0.717, 1.165) is 82.5 Å². The molecule has 15 aromatic rings. The van der Waals surface area contributed by atoms with E-state index in [4.69, 9.17) is 29.9 Å². The quantitative estimate of drug-likeness (QED) is 0.148. The molecule has 0 spiro atoms. The lowest BCUT2D eigenvalue weighted by Crippen LogP contribution is -2.07. The molecule has 0 N–H and O–H groups in total. The van der Waals surface area contributed by atoms with Crippen LogP contribution in [0.2, 0.25) is 0 Å². The van der Waals surface area contributed by atoms with Crippen molar-refractivity contribution in [1.82, 2.24) is 39.0 Å². The van der Waals surface area contributed by atoms with E-state index < -0.39 is 0 Å². The summed E-state index contributed by atoms with van der Waals surface area (Å²) in [7, 11) is 0. The summed E-state index contributed by atoms with van der Waals surface area (Å²) in [5.74, 6) is 3.55. The Balaban J connectivity index is 0.964. The minimum Gasteiger partial charge on any atom is -0.307 e. The van der Waals surface area contributed by atoms with E-state index in [9.17, 15) is 0 Å². The highest BCUT2D eigenvalue weighted by atomic mass is 15.2. The fraction of sp³-hybridized carbons (Fsp3) is 0. The van der Waals surface area contributed by atoms with Crippen molar-refractivity contribution in [3.05, 3.63) is 243 Å². The molecule has 0 aliphatic carbocycles. The zero-order valence-corrected chi connectivity index (χ0v) is 39.7. The van der Waals surface area contributed by atoms with E-state index in [1.165, 1.54) is 26.9 Å². The van der Waals surface area contributed by atoms with E-state index in [1.54, 1.807) is 0 Å². The maximum atomic E-state index is 5.50. The highest BCUT2D eigenvalue weighted by Gasteiger charge is 2.24. The van der Waals surface area contributed by atoms with Crippen molar-refractivity contribution in [2.24, 2.45) is 0 Å². The van der Waals surface area contributed by atoms with Gasteiger partial charge in [-0.2, -0.15) is 9.97 Å². The van der Waals surface area contributed by atoms with Gasteiger partial charge in [-0.25, -0.2) is 19.9 Å². The van der Waals surface area contributed by atoms with Gasteiger partial charge in [-0.1, -0.05) is 200 Å². The maximum Gasteiger partial charge on any atom is 0.238 e. The summed E-state index contributed by atoms with van der Waals surface area (Å²) >= 11 is 0. The predicted molar refractivity (Wildman–Crippen MR) is 302 cm³/mol. The largest absolute Gasteiger partial charge is 0.307 e. The number of hydrogen-bond acceptors (Lipinski definition) is 6. The lowest BCUT2D eigenvalue weighted by atomic mass is 9.93. The van der Waals surface area contributed by atoms with E-state index in [1.807, 2.05) is 78.9 Å². The SMILES string of the molecule is c1ccc(-c2nc(-c3ccccc3)nc(-c3ccc(-n4c5ccccc5c5ccc6c7ccccc7n(-c7nc(-c8ccccc8)nc(-c8ccc9c%10ccccc%10c%10ccccc%10c9c8)n7)c6c54)cc3)n2)cc1. The van der Waals surface area contributed by atoms with Crippen molar-refractivity contribution in [3.63, 3.8) is 0 Å². The molecule has 0 radical (unpaired) electrons. The van der Waals surface area contributed by atoms with Crippen LogP contribution in [0.25, 0.3) is 145 Å². The van der Waals surface area contributed by atoms with Crippen LogP contribution in [0.15, 0.2) is 243 Å². The van der Waals surface area contributed by atoms with Gasteiger partial charge in [0.05, 0.1) is 22.1 Å². The zero-order valence-electron chi connectivity index (χ0n) is 39.7. The maximum absolute atomic E-state index is 5.50. The first-order valence-corrected chi connectivity index (χ1v) is 24.8. The summed E-state index contributed by atoms with van der Waals surface area (Å²) in [6.07, 6.45) is 0. The summed E-state index contributed by atoms with van der Waals surface area (Å²) in [4.78, 5) is 31.2. The molecule has 0 fully saturated rings. The smallest absolute Gasteiger partial charge is 0.238 e. The van der Waals surface area contributed by atoms with Crippen LogP contribution in [0.3, 0.4) is 0 Å². The standard InChI is InChI=1S/C66H40N8/c1-4-18-41(19-5-1)61-67-62(42-20-6-2-7-21-42)69-63(68-61)44-32-35-46(36-33-44)73-57-30-16-14-28-52(57)54-38-39-55-53-29-15-17-31-58(53)74(60(55)59(54)73)66-71-64(43-22-8-3-9-23-43)70-65(72-66)45-34-37-51-49-26-11-10-24-47(49)48-25-12-13-27-50(48)56(51)40-45/h1-40H. The van der Waals surface area contributed by atoms with Crippen molar-refractivity contribution in [2.75, 3.05) is 0 Å². The molecule has 11 aromatic carbocycles. The summed E-state index contributed by atoms with van der Waals surface area (Å²) in [6, 6.07) is 84.7. The second kappa shape index (κ2) is 16.7. The van der Waals surface area contributed by atoms with Crippen molar-refractivity contribution >= 4 is 75.9 Å². The van der Waals surface area contributed by atoms with Gasteiger partial charge in [0.15, 0.2) is 29.1 Å². The topological polar surface area (TPSA) is 87.2 Å². The number of para-hydroxylation sites is 2. The fourth-order valence-corrected chi connectivity index (χ4v) is 11.0. The molecule has 4 heterocycles. The van der Waals surface area contributed by atoms with Crippen LogP contribution in [0.1, 0.15) is 0 Å². The first kappa shape index (κ1) is 41.6. The summed E-state index contributed by atoms with van der Waals surface area (Å²) < 4.78 is 4.63. The Kier molecular flexibility index (Phi) is 9.40. The number of aromatic nitrogens is 8. The summed E-state index contributed by atoms with van der Waals surface area (Å²) in [5, 5.41) is 11.6. The third-order valence-corrected chi connectivity index (χ3v) is 14.4. The predicted octanol–water partition coefficient (Wildman–Crippen LogP) is 16.0. The molecule has 0 atom stereocenters. The van der Waals surface area contributed by atoms with E-state index in [2.05, 4.69) is 173 Å². The Morgan fingerprint density at radius 1 is 0.216 bits per heavy atom. The third-order valence-electron chi connectivity index (χ3n) is 14.4. The van der Waals surface area contributed by atoms with Crippen LogP contribution in [0.4, 0.5) is 0 Å². The second-order valence-corrected chi connectivity index (χ2v) is 18.6. The van der Waals surface area contributed by atoms with Gasteiger partial charge in [-0.05, 0) is 74.8 Å². The van der Waals surface area contributed by atoms with Gasteiger partial charge in [0.1, 0.15) is 0 Å². The third kappa shape index (κ3) is 6.62. The lowest BCUT2D eigenvalue weighted by molar-refractivity contribution is 0.953. The normalized spacial score (nSPS) is 11.8. The minimum absolute atomic E-state index is 0.529. The average Bonchev–Trinajstić information content (AvgIpc) is 4.02. The number of nitrogens with zero attached hydrogens (tertiary/aromatic N) is 8. The molecule has 344 valence electrons.